The third-order valence-corrected chi connectivity index (χ3v) is 3.13. The summed E-state index contributed by atoms with van der Waals surface area (Å²) in [6.45, 7) is 0.240. The van der Waals surface area contributed by atoms with Crippen LogP contribution in [0.5, 0.6) is 5.75 Å². The second kappa shape index (κ2) is 5.11. The van der Waals surface area contributed by atoms with Crippen molar-refractivity contribution in [2.45, 2.75) is 6.61 Å². The van der Waals surface area contributed by atoms with Crippen LogP contribution in [0.3, 0.4) is 0 Å². The number of rotatable bonds is 4. The fourth-order valence-electron chi connectivity index (χ4n) is 1.21. The van der Waals surface area contributed by atoms with Crippen LogP contribution in [0.15, 0.2) is 30.5 Å². The van der Waals surface area contributed by atoms with Crippen molar-refractivity contribution in [2.24, 2.45) is 0 Å². The minimum atomic E-state index is -0.573. The van der Waals surface area contributed by atoms with E-state index in [1.54, 1.807) is 12.1 Å². The molecule has 0 saturated heterocycles. The van der Waals surface area contributed by atoms with Gasteiger partial charge < -0.3 is 14.9 Å². The van der Waals surface area contributed by atoms with Crippen LogP contribution in [-0.4, -0.2) is 9.91 Å². The molecule has 0 aliphatic heterocycles. The Balaban J connectivity index is 2.11. The zero-order valence-corrected chi connectivity index (χ0v) is 10.1. The van der Waals surface area contributed by atoms with Crippen molar-refractivity contribution in [3.8, 4) is 5.75 Å². The Morgan fingerprint density at radius 1 is 1.47 bits per heavy atom. The SMILES string of the molecule is O=[N+]([O-])c1ncccc1OCc1ccc(Cl)s1. The van der Waals surface area contributed by atoms with Crippen molar-refractivity contribution in [3.63, 3.8) is 0 Å². The standard InChI is InChI=1S/C10H7ClN2O3S/c11-9-4-3-7(17-9)6-16-8-2-1-5-12-10(8)13(14)15/h1-5H,6H2. The number of nitrogens with zero attached hydrogens (tertiary/aromatic N) is 2. The molecule has 0 aliphatic carbocycles. The number of nitro groups is 1. The van der Waals surface area contributed by atoms with E-state index < -0.39 is 4.92 Å². The van der Waals surface area contributed by atoms with Gasteiger partial charge in [0.15, 0.2) is 0 Å². The Morgan fingerprint density at radius 2 is 2.29 bits per heavy atom. The zero-order chi connectivity index (χ0) is 12.3. The zero-order valence-electron chi connectivity index (χ0n) is 8.50. The van der Waals surface area contributed by atoms with Crippen LogP contribution >= 0.6 is 22.9 Å². The first-order valence-electron chi connectivity index (χ1n) is 4.63. The summed E-state index contributed by atoms with van der Waals surface area (Å²) < 4.78 is 6.00. The molecule has 2 heterocycles. The van der Waals surface area contributed by atoms with Crippen molar-refractivity contribution in [3.05, 3.63) is 49.8 Å². The van der Waals surface area contributed by atoms with Gasteiger partial charge in [-0.2, -0.15) is 0 Å². The smallest absolute Gasteiger partial charge is 0.406 e. The number of halogens is 1. The van der Waals surface area contributed by atoms with Gasteiger partial charge in [-0.15, -0.1) is 11.3 Å². The molecule has 2 aromatic heterocycles. The minimum absolute atomic E-state index is 0.155. The van der Waals surface area contributed by atoms with Crippen LogP contribution in [0.25, 0.3) is 0 Å². The molecule has 0 aliphatic rings. The fraction of sp³-hybridized carbons (Fsp3) is 0.100. The van der Waals surface area contributed by atoms with E-state index in [4.69, 9.17) is 16.3 Å². The van der Waals surface area contributed by atoms with Crippen LogP contribution in [0.4, 0.5) is 5.82 Å². The molecule has 0 unspecified atom stereocenters. The molecule has 0 spiro atoms. The third-order valence-electron chi connectivity index (χ3n) is 1.92. The molecule has 0 N–H and O–H groups in total. The molecule has 0 radical (unpaired) electrons. The molecule has 7 heteroatoms. The van der Waals surface area contributed by atoms with Crippen LogP contribution in [0.1, 0.15) is 4.88 Å². The molecule has 0 amide bonds. The van der Waals surface area contributed by atoms with Gasteiger partial charge in [0.1, 0.15) is 12.8 Å². The molecule has 17 heavy (non-hydrogen) atoms. The predicted molar refractivity (Wildman–Crippen MR) is 64.6 cm³/mol. The van der Waals surface area contributed by atoms with E-state index in [1.807, 2.05) is 6.07 Å². The molecule has 2 rings (SSSR count). The maximum Gasteiger partial charge on any atom is 0.406 e. The monoisotopic (exact) mass is 270 g/mol. The van der Waals surface area contributed by atoms with Gasteiger partial charge in [-0.05, 0) is 34.2 Å². The summed E-state index contributed by atoms with van der Waals surface area (Å²) in [4.78, 5) is 14.7. The molecule has 2 aromatic rings. The summed E-state index contributed by atoms with van der Waals surface area (Å²) in [7, 11) is 0. The maximum atomic E-state index is 10.7. The average molecular weight is 271 g/mol. The van der Waals surface area contributed by atoms with E-state index in [9.17, 15) is 10.1 Å². The summed E-state index contributed by atoms with van der Waals surface area (Å²) in [5.74, 6) is -0.128. The minimum Gasteiger partial charge on any atom is -0.480 e. The Labute approximate surface area is 106 Å². The lowest BCUT2D eigenvalue weighted by atomic mass is 10.4. The van der Waals surface area contributed by atoms with Gasteiger partial charge in [-0.25, -0.2) is 0 Å². The van der Waals surface area contributed by atoms with E-state index in [-0.39, 0.29) is 18.2 Å². The first kappa shape index (κ1) is 11.8. The van der Waals surface area contributed by atoms with Gasteiger partial charge in [-0.1, -0.05) is 11.6 Å². The Kier molecular flexibility index (Phi) is 3.55. The number of thiophene rings is 1. The van der Waals surface area contributed by atoms with Crippen LogP contribution in [0, 0.1) is 10.1 Å². The first-order chi connectivity index (χ1) is 8.16. The van der Waals surface area contributed by atoms with Crippen molar-refractivity contribution in [1.29, 1.82) is 0 Å². The number of hydrogen-bond acceptors (Lipinski definition) is 5. The highest BCUT2D eigenvalue weighted by atomic mass is 35.5. The molecular weight excluding hydrogens is 264 g/mol. The van der Waals surface area contributed by atoms with Crippen molar-refractivity contribution >= 4 is 28.8 Å². The topological polar surface area (TPSA) is 65.3 Å². The van der Waals surface area contributed by atoms with E-state index in [1.165, 1.54) is 23.6 Å². The maximum absolute atomic E-state index is 10.7. The molecule has 88 valence electrons. The summed E-state index contributed by atoms with van der Waals surface area (Å²) in [5.41, 5.74) is 0. The predicted octanol–water partition coefficient (Wildman–Crippen LogP) is 3.28. The van der Waals surface area contributed by atoms with Crippen LogP contribution in [0.2, 0.25) is 4.34 Å². The molecule has 0 saturated carbocycles. The van der Waals surface area contributed by atoms with Gasteiger partial charge in [0, 0.05) is 4.88 Å². The number of pyridine rings is 1. The van der Waals surface area contributed by atoms with Crippen molar-refractivity contribution < 1.29 is 9.66 Å². The highest BCUT2D eigenvalue weighted by Gasteiger charge is 2.15. The van der Waals surface area contributed by atoms with Crippen LogP contribution < -0.4 is 4.74 Å². The van der Waals surface area contributed by atoms with Crippen molar-refractivity contribution in [1.82, 2.24) is 4.98 Å². The second-order valence-corrected chi connectivity index (χ2v) is 4.88. The van der Waals surface area contributed by atoms with Gasteiger partial charge in [0.25, 0.3) is 0 Å². The number of aromatic nitrogens is 1. The molecule has 0 bridgehead atoms. The van der Waals surface area contributed by atoms with Crippen LogP contribution in [-0.2, 0) is 6.61 Å². The number of hydrogen-bond donors (Lipinski definition) is 0. The Morgan fingerprint density at radius 3 is 2.94 bits per heavy atom. The summed E-state index contributed by atoms with van der Waals surface area (Å²) in [6, 6.07) is 6.67. The lowest BCUT2D eigenvalue weighted by Gasteiger charge is -2.03. The largest absolute Gasteiger partial charge is 0.480 e. The molecule has 5 nitrogen and oxygen atoms in total. The normalized spacial score (nSPS) is 10.2. The Hall–Kier alpha value is -1.66. The van der Waals surface area contributed by atoms with Gasteiger partial charge in [-0.3, -0.25) is 0 Å². The van der Waals surface area contributed by atoms with Gasteiger partial charge in [0.2, 0.25) is 5.75 Å². The number of ether oxygens (including phenoxy) is 1. The van der Waals surface area contributed by atoms with E-state index >= 15 is 0 Å². The third kappa shape index (κ3) is 2.92. The first-order valence-corrected chi connectivity index (χ1v) is 5.82. The lowest BCUT2D eigenvalue weighted by molar-refractivity contribution is -0.390. The summed E-state index contributed by atoms with van der Waals surface area (Å²) in [5, 5.41) is 10.7. The fourth-order valence-corrected chi connectivity index (χ4v) is 2.21. The molecule has 0 aromatic carbocycles. The van der Waals surface area contributed by atoms with Crippen molar-refractivity contribution in [2.75, 3.05) is 0 Å². The second-order valence-electron chi connectivity index (χ2n) is 3.08. The summed E-state index contributed by atoms with van der Waals surface area (Å²) >= 11 is 7.14. The summed E-state index contributed by atoms with van der Waals surface area (Å²) in [6.07, 6.45) is 1.35. The van der Waals surface area contributed by atoms with Gasteiger partial charge >= 0.3 is 5.82 Å². The molecular formula is C10H7ClN2O3S. The molecule has 0 fully saturated rings. The van der Waals surface area contributed by atoms with E-state index in [0.29, 0.717) is 4.34 Å². The lowest BCUT2D eigenvalue weighted by Crippen LogP contribution is -1.99. The quantitative estimate of drug-likeness (QED) is 0.632. The van der Waals surface area contributed by atoms with Gasteiger partial charge in [0.05, 0.1) is 4.34 Å². The average Bonchev–Trinajstić information content (AvgIpc) is 2.73. The highest BCUT2D eigenvalue weighted by molar-refractivity contribution is 7.16. The van der Waals surface area contributed by atoms with E-state index in [0.717, 1.165) is 4.88 Å². The Bertz CT molecular complexity index is 544. The van der Waals surface area contributed by atoms with E-state index in [2.05, 4.69) is 4.98 Å². The molecule has 0 atom stereocenters. The highest BCUT2D eigenvalue weighted by Crippen LogP contribution is 2.26.